The SMILES string of the molecule is CC(=O)c1ccc(SCC(=O)N(Cc2ccco2)c2ccccc2)c(F)c1. The van der Waals surface area contributed by atoms with Crippen LogP contribution in [0.3, 0.4) is 0 Å². The van der Waals surface area contributed by atoms with E-state index in [2.05, 4.69) is 0 Å². The number of rotatable bonds is 7. The molecule has 1 amide bonds. The smallest absolute Gasteiger partial charge is 0.237 e. The zero-order valence-corrected chi connectivity index (χ0v) is 15.5. The maximum Gasteiger partial charge on any atom is 0.237 e. The van der Waals surface area contributed by atoms with Crippen molar-refractivity contribution in [3.05, 3.63) is 84.1 Å². The lowest BCUT2D eigenvalue weighted by Crippen LogP contribution is -2.31. The number of halogens is 1. The van der Waals surface area contributed by atoms with Crippen LogP contribution < -0.4 is 4.90 Å². The number of carbonyl (C=O) groups excluding carboxylic acids is 2. The van der Waals surface area contributed by atoms with Crippen molar-refractivity contribution in [2.75, 3.05) is 10.7 Å². The highest BCUT2D eigenvalue weighted by atomic mass is 32.2. The Balaban J connectivity index is 1.74. The quantitative estimate of drug-likeness (QED) is 0.428. The van der Waals surface area contributed by atoms with Crippen molar-refractivity contribution >= 4 is 29.1 Å². The summed E-state index contributed by atoms with van der Waals surface area (Å²) >= 11 is 1.10. The van der Waals surface area contributed by atoms with E-state index in [1.54, 1.807) is 29.4 Å². The first kappa shape index (κ1) is 18.9. The minimum absolute atomic E-state index is 0.0614. The third-order valence-corrected chi connectivity index (χ3v) is 4.99. The topological polar surface area (TPSA) is 50.5 Å². The Kier molecular flexibility index (Phi) is 6.08. The minimum atomic E-state index is -0.502. The van der Waals surface area contributed by atoms with E-state index in [-0.39, 0.29) is 17.4 Å². The number of furan rings is 1. The van der Waals surface area contributed by atoms with Crippen LogP contribution in [-0.4, -0.2) is 17.4 Å². The fourth-order valence-corrected chi connectivity index (χ4v) is 3.34. The maximum atomic E-state index is 14.2. The predicted octanol–water partition coefficient (Wildman–Crippen LogP) is 4.95. The molecular weight excluding hydrogens is 365 g/mol. The second-order valence-corrected chi connectivity index (χ2v) is 6.90. The van der Waals surface area contributed by atoms with E-state index in [0.717, 1.165) is 17.4 Å². The van der Waals surface area contributed by atoms with Gasteiger partial charge in [-0.3, -0.25) is 9.59 Å². The molecule has 0 fully saturated rings. The molecule has 0 aliphatic carbocycles. The number of para-hydroxylation sites is 1. The molecule has 138 valence electrons. The summed E-state index contributed by atoms with van der Waals surface area (Å²) in [6.07, 6.45) is 1.56. The molecule has 0 aliphatic rings. The Morgan fingerprint density at radius 1 is 1.07 bits per heavy atom. The van der Waals surface area contributed by atoms with Gasteiger partial charge in [-0.05, 0) is 43.3 Å². The monoisotopic (exact) mass is 383 g/mol. The Hall–Kier alpha value is -2.86. The highest BCUT2D eigenvalue weighted by molar-refractivity contribution is 8.00. The van der Waals surface area contributed by atoms with Crippen LogP contribution in [-0.2, 0) is 11.3 Å². The molecule has 0 spiro atoms. The molecule has 6 heteroatoms. The molecule has 0 radical (unpaired) electrons. The lowest BCUT2D eigenvalue weighted by Gasteiger charge is -2.21. The Morgan fingerprint density at radius 3 is 2.48 bits per heavy atom. The highest BCUT2D eigenvalue weighted by Crippen LogP contribution is 2.25. The van der Waals surface area contributed by atoms with Gasteiger partial charge in [-0.1, -0.05) is 24.3 Å². The second-order valence-electron chi connectivity index (χ2n) is 5.88. The molecule has 0 unspecified atom stereocenters. The Labute approximate surface area is 161 Å². The zero-order chi connectivity index (χ0) is 19.2. The first-order valence-electron chi connectivity index (χ1n) is 8.35. The lowest BCUT2D eigenvalue weighted by molar-refractivity contribution is -0.116. The van der Waals surface area contributed by atoms with Gasteiger partial charge in [-0.2, -0.15) is 0 Å². The van der Waals surface area contributed by atoms with Crippen LogP contribution >= 0.6 is 11.8 Å². The standard InChI is InChI=1S/C21H18FNO3S/c1-15(24)16-9-10-20(19(22)12-16)27-14-21(25)23(13-18-8-5-11-26-18)17-6-3-2-4-7-17/h2-12H,13-14H2,1H3. The predicted molar refractivity (Wildman–Crippen MR) is 103 cm³/mol. The first-order valence-corrected chi connectivity index (χ1v) is 9.34. The first-order chi connectivity index (χ1) is 13.0. The van der Waals surface area contributed by atoms with E-state index in [9.17, 15) is 14.0 Å². The molecule has 0 aliphatic heterocycles. The molecule has 0 bridgehead atoms. The van der Waals surface area contributed by atoms with Gasteiger partial charge in [-0.15, -0.1) is 11.8 Å². The third-order valence-electron chi connectivity index (χ3n) is 3.95. The molecule has 2 aromatic carbocycles. The van der Waals surface area contributed by atoms with Crippen LogP contribution in [0.1, 0.15) is 23.0 Å². The van der Waals surface area contributed by atoms with E-state index in [1.165, 1.54) is 19.1 Å². The normalized spacial score (nSPS) is 10.6. The Bertz CT molecular complexity index is 926. The number of hydrogen-bond donors (Lipinski definition) is 0. The molecule has 0 saturated carbocycles. The van der Waals surface area contributed by atoms with E-state index < -0.39 is 5.82 Å². The van der Waals surface area contributed by atoms with E-state index >= 15 is 0 Å². The van der Waals surface area contributed by atoms with Gasteiger partial charge in [0, 0.05) is 16.1 Å². The molecular formula is C21H18FNO3S. The van der Waals surface area contributed by atoms with Gasteiger partial charge in [0.2, 0.25) is 5.91 Å². The second kappa shape index (κ2) is 8.68. The number of anilines is 1. The van der Waals surface area contributed by atoms with Gasteiger partial charge in [-0.25, -0.2) is 4.39 Å². The Morgan fingerprint density at radius 2 is 1.85 bits per heavy atom. The summed E-state index contributed by atoms with van der Waals surface area (Å²) in [5.74, 6) is -0.147. The number of Topliss-reactive ketones (excluding diaryl/α,β-unsaturated/α-hetero) is 1. The number of hydrogen-bond acceptors (Lipinski definition) is 4. The summed E-state index contributed by atoms with van der Waals surface area (Å²) in [5.41, 5.74) is 1.05. The van der Waals surface area contributed by atoms with Gasteiger partial charge in [0.1, 0.15) is 11.6 Å². The average molecular weight is 383 g/mol. The number of amides is 1. The van der Waals surface area contributed by atoms with Crippen molar-refractivity contribution in [2.45, 2.75) is 18.4 Å². The summed E-state index contributed by atoms with van der Waals surface area (Å²) in [6.45, 7) is 1.68. The summed E-state index contributed by atoms with van der Waals surface area (Å²) in [6, 6.07) is 17.1. The molecule has 0 N–H and O–H groups in total. The average Bonchev–Trinajstić information content (AvgIpc) is 3.18. The number of benzene rings is 2. The largest absolute Gasteiger partial charge is 0.467 e. The highest BCUT2D eigenvalue weighted by Gasteiger charge is 2.18. The van der Waals surface area contributed by atoms with Gasteiger partial charge in [0.25, 0.3) is 0 Å². The molecule has 1 heterocycles. The van der Waals surface area contributed by atoms with Crippen LogP contribution in [0.4, 0.5) is 10.1 Å². The van der Waals surface area contributed by atoms with Crippen molar-refractivity contribution < 1.29 is 18.4 Å². The minimum Gasteiger partial charge on any atom is -0.467 e. The van der Waals surface area contributed by atoms with E-state index in [0.29, 0.717) is 22.8 Å². The van der Waals surface area contributed by atoms with Gasteiger partial charge < -0.3 is 9.32 Å². The van der Waals surface area contributed by atoms with E-state index in [4.69, 9.17) is 4.42 Å². The van der Waals surface area contributed by atoms with E-state index in [1.807, 2.05) is 30.3 Å². The zero-order valence-electron chi connectivity index (χ0n) is 14.7. The van der Waals surface area contributed by atoms with Crippen LogP contribution in [0, 0.1) is 5.82 Å². The van der Waals surface area contributed by atoms with Crippen LogP contribution in [0.25, 0.3) is 0 Å². The number of nitrogens with zero attached hydrogens (tertiary/aromatic N) is 1. The molecule has 0 atom stereocenters. The van der Waals surface area contributed by atoms with Crippen molar-refractivity contribution in [3.8, 4) is 0 Å². The van der Waals surface area contributed by atoms with Crippen LogP contribution in [0.15, 0.2) is 76.2 Å². The molecule has 4 nitrogen and oxygen atoms in total. The third kappa shape index (κ3) is 4.86. The van der Waals surface area contributed by atoms with Crippen molar-refractivity contribution in [1.82, 2.24) is 0 Å². The van der Waals surface area contributed by atoms with Gasteiger partial charge in [0.05, 0.1) is 18.6 Å². The molecule has 3 rings (SSSR count). The van der Waals surface area contributed by atoms with Crippen molar-refractivity contribution in [1.29, 1.82) is 0 Å². The van der Waals surface area contributed by atoms with Crippen molar-refractivity contribution in [2.24, 2.45) is 0 Å². The lowest BCUT2D eigenvalue weighted by atomic mass is 10.1. The fraction of sp³-hybridized carbons (Fsp3) is 0.143. The number of thioether (sulfide) groups is 1. The number of ketones is 1. The van der Waals surface area contributed by atoms with Gasteiger partial charge in [0.15, 0.2) is 5.78 Å². The summed E-state index contributed by atoms with van der Waals surface area (Å²) in [5, 5.41) is 0. The summed E-state index contributed by atoms with van der Waals surface area (Å²) in [4.78, 5) is 26.1. The maximum absolute atomic E-state index is 14.2. The summed E-state index contributed by atoms with van der Waals surface area (Å²) < 4.78 is 19.5. The molecule has 27 heavy (non-hydrogen) atoms. The number of carbonyl (C=O) groups is 2. The fourth-order valence-electron chi connectivity index (χ4n) is 2.54. The molecule has 0 saturated heterocycles. The summed E-state index contributed by atoms with van der Waals surface area (Å²) in [7, 11) is 0. The van der Waals surface area contributed by atoms with Crippen LogP contribution in [0.2, 0.25) is 0 Å². The van der Waals surface area contributed by atoms with Gasteiger partial charge >= 0.3 is 0 Å². The van der Waals surface area contributed by atoms with Crippen molar-refractivity contribution in [3.63, 3.8) is 0 Å². The van der Waals surface area contributed by atoms with Crippen LogP contribution in [0.5, 0.6) is 0 Å². The molecule has 1 aromatic heterocycles. The molecule has 3 aromatic rings.